The predicted octanol–water partition coefficient (Wildman–Crippen LogP) is 7.49. The number of benzene rings is 2. The first kappa shape index (κ1) is 37.7. The minimum atomic E-state index is -0.637. The van der Waals surface area contributed by atoms with Gasteiger partial charge in [0.05, 0.1) is 42.7 Å². The van der Waals surface area contributed by atoms with Gasteiger partial charge in [0, 0.05) is 12.8 Å². The molecule has 0 saturated heterocycles. The molecule has 0 aliphatic rings. The summed E-state index contributed by atoms with van der Waals surface area (Å²) in [5.41, 5.74) is 0.281. The van der Waals surface area contributed by atoms with Gasteiger partial charge in [0.25, 0.3) is 0 Å². The lowest BCUT2D eigenvalue weighted by Crippen LogP contribution is -2.17. The molecular weight excluding hydrogens is 576 g/mol. The van der Waals surface area contributed by atoms with Crippen molar-refractivity contribution in [1.82, 2.24) is 0 Å². The Morgan fingerprint density at radius 1 is 0.622 bits per heavy atom. The molecule has 2 aromatic carbocycles. The van der Waals surface area contributed by atoms with Crippen molar-refractivity contribution < 1.29 is 43.2 Å². The molecule has 2 aromatic rings. The molecule has 0 fully saturated rings. The van der Waals surface area contributed by atoms with Gasteiger partial charge in [0.1, 0.15) is 0 Å². The summed E-state index contributed by atoms with van der Waals surface area (Å²) in [6.07, 6.45) is 9.26. The van der Waals surface area contributed by atoms with Crippen LogP contribution in [0.5, 0.6) is 0 Å². The van der Waals surface area contributed by atoms with E-state index in [-0.39, 0.29) is 24.0 Å². The average Bonchev–Trinajstić information content (AvgIpc) is 2.98. The average molecular weight is 629 g/mol. The van der Waals surface area contributed by atoms with Crippen molar-refractivity contribution in [2.45, 2.75) is 123 Å². The van der Waals surface area contributed by atoms with Gasteiger partial charge in [-0.3, -0.25) is 9.59 Å². The van der Waals surface area contributed by atoms with E-state index in [0.29, 0.717) is 63.1 Å². The highest BCUT2D eigenvalue weighted by atomic mass is 16.5. The minimum Gasteiger partial charge on any atom is -0.466 e. The second-order valence-electron chi connectivity index (χ2n) is 12.4. The standard InChI is InChI=1S/C36H52O9/c1-27(2)45-33(38)16-10-9-15-32(37)42-22-12-7-8-14-24-44-35(40)31-20-18-28-25-30(19-17-29(28)26-31)34(39)43-23-13-6-5-11-21-36(3,4)41/h17-20,25-27,41H,5-16,21-24H2,1-4H3. The summed E-state index contributed by atoms with van der Waals surface area (Å²) in [7, 11) is 0. The SMILES string of the molecule is CC(C)OC(=O)CCCCC(=O)OCCCCCCOC(=O)c1ccc2cc(C(=O)OCCCCCCC(C)(C)O)ccc2c1. The second kappa shape index (κ2) is 20.5. The highest BCUT2D eigenvalue weighted by Crippen LogP contribution is 2.20. The van der Waals surface area contributed by atoms with Crippen LogP contribution in [0.2, 0.25) is 0 Å². The molecule has 0 aromatic heterocycles. The number of hydrogen-bond donors (Lipinski definition) is 1. The van der Waals surface area contributed by atoms with Crippen molar-refractivity contribution in [3.05, 3.63) is 47.5 Å². The van der Waals surface area contributed by atoms with Crippen LogP contribution in [0.4, 0.5) is 0 Å². The predicted molar refractivity (Wildman–Crippen MR) is 173 cm³/mol. The van der Waals surface area contributed by atoms with Gasteiger partial charge in [-0.25, -0.2) is 9.59 Å². The summed E-state index contributed by atoms with van der Waals surface area (Å²) in [5, 5.41) is 11.4. The van der Waals surface area contributed by atoms with E-state index in [4.69, 9.17) is 18.9 Å². The maximum Gasteiger partial charge on any atom is 0.338 e. The first-order valence-electron chi connectivity index (χ1n) is 16.4. The molecular formula is C36H52O9. The second-order valence-corrected chi connectivity index (χ2v) is 12.4. The molecule has 0 spiro atoms. The molecule has 0 unspecified atom stereocenters. The minimum absolute atomic E-state index is 0.126. The number of fused-ring (bicyclic) bond motifs is 1. The van der Waals surface area contributed by atoms with E-state index in [1.807, 2.05) is 13.8 Å². The van der Waals surface area contributed by atoms with Crippen LogP contribution in [0.1, 0.15) is 132 Å². The Balaban J connectivity index is 1.57. The lowest BCUT2D eigenvalue weighted by Gasteiger charge is -2.16. The fourth-order valence-corrected chi connectivity index (χ4v) is 4.69. The molecule has 0 saturated carbocycles. The summed E-state index contributed by atoms with van der Waals surface area (Å²) in [6, 6.07) is 10.5. The van der Waals surface area contributed by atoms with Crippen LogP contribution < -0.4 is 0 Å². The van der Waals surface area contributed by atoms with Crippen LogP contribution in [0.15, 0.2) is 36.4 Å². The molecule has 0 aliphatic carbocycles. The van der Waals surface area contributed by atoms with E-state index < -0.39 is 11.6 Å². The lowest BCUT2D eigenvalue weighted by atomic mass is 10.0. The van der Waals surface area contributed by atoms with Crippen molar-refractivity contribution in [3.63, 3.8) is 0 Å². The van der Waals surface area contributed by atoms with Gasteiger partial charge in [0.15, 0.2) is 0 Å². The van der Waals surface area contributed by atoms with Crippen molar-refractivity contribution >= 4 is 34.6 Å². The zero-order valence-corrected chi connectivity index (χ0v) is 27.6. The van der Waals surface area contributed by atoms with Crippen LogP contribution >= 0.6 is 0 Å². The van der Waals surface area contributed by atoms with Crippen LogP contribution in [0, 0.1) is 0 Å². The van der Waals surface area contributed by atoms with E-state index >= 15 is 0 Å². The highest BCUT2D eigenvalue weighted by molar-refractivity contribution is 5.99. The van der Waals surface area contributed by atoms with Gasteiger partial charge < -0.3 is 24.1 Å². The van der Waals surface area contributed by atoms with Gasteiger partial charge in [-0.15, -0.1) is 0 Å². The Kier molecular flexibility index (Phi) is 17.2. The quantitative estimate of drug-likeness (QED) is 0.0802. The Hall–Kier alpha value is -3.46. The smallest absolute Gasteiger partial charge is 0.338 e. The Morgan fingerprint density at radius 2 is 1.07 bits per heavy atom. The van der Waals surface area contributed by atoms with Gasteiger partial charge in [0.2, 0.25) is 0 Å². The number of esters is 4. The monoisotopic (exact) mass is 628 g/mol. The molecule has 1 N–H and O–H groups in total. The Morgan fingerprint density at radius 3 is 1.53 bits per heavy atom. The zero-order valence-electron chi connectivity index (χ0n) is 27.6. The number of unbranched alkanes of at least 4 members (excludes halogenated alkanes) is 7. The molecule has 45 heavy (non-hydrogen) atoms. The maximum atomic E-state index is 12.5. The van der Waals surface area contributed by atoms with E-state index in [1.165, 1.54) is 0 Å². The molecule has 250 valence electrons. The molecule has 2 rings (SSSR count). The van der Waals surface area contributed by atoms with Crippen LogP contribution in [-0.4, -0.2) is 60.5 Å². The van der Waals surface area contributed by atoms with Crippen LogP contribution in [-0.2, 0) is 28.5 Å². The van der Waals surface area contributed by atoms with Crippen molar-refractivity contribution in [2.75, 3.05) is 19.8 Å². The molecule has 0 heterocycles. The summed E-state index contributed by atoms with van der Waals surface area (Å²) in [6.45, 7) is 8.25. The Labute approximate surface area is 267 Å². The number of carbonyl (C=O) groups is 4. The van der Waals surface area contributed by atoms with E-state index in [1.54, 1.807) is 50.2 Å². The van der Waals surface area contributed by atoms with Gasteiger partial charge >= 0.3 is 23.9 Å². The third kappa shape index (κ3) is 17.0. The zero-order chi connectivity index (χ0) is 33.1. The van der Waals surface area contributed by atoms with E-state index in [2.05, 4.69) is 0 Å². The summed E-state index contributed by atoms with van der Waals surface area (Å²) < 4.78 is 21.2. The third-order valence-corrected chi connectivity index (χ3v) is 7.14. The largest absolute Gasteiger partial charge is 0.466 e. The Bertz CT molecular complexity index is 1210. The topological polar surface area (TPSA) is 125 Å². The summed E-state index contributed by atoms with van der Waals surface area (Å²) in [5.74, 6) is -1.26. The third-order valence-electron chi connectivity index (χ3n) is 7.14. The summed E-state index contributed by atoms with van der Waals surface area (Å²) >= 11 is 0. The van der Waals surface area contributed by atoms with Crippen LogP contribution in [0.25, 0.3) is 10.8 Å². The number of aliphatic hydroxyl groups is 1. The first-order chi connectivity index (χ1) is 21.4. The summed E-state index contributed by atoms with van der Waals surface area (Å²) in [4.78, 5) is 48.3. The molecule has 0 atom stereocenters. The number of hydrogen-bond acceptors (Lipinski definition) is 9. The molecule has 0 aliphatic heterocycles. The molecule has 9 nitrogen and oxygen atoms in total. The fraction of sp³-hybridized carbons (Fsp3) is 0.611. The first-order valence-corrected chi connectivity index (χ1v) is 16.4. The molecule has 0 radical (unpaired) electrons. The van der Waals surface area contributed by atoms with Crippen molar-refractivity contribution in [2.24, 2.45) is 0 Å². The molecule has 0 bridgehead atoms. The van der Waals surface area contributed by atoms with E-state index in [9.17, 15) is 24.3 Å². The van der Waals surface area contributed by atoms with Crippen LogP contribution in [0.3, 0.4) is 0 Å². The van der Waals surface area contributed by atoms with Gasteiger partial charge in [-0.1, -0.05) is 31.4 Å². The number of rotatable bonds is 22. The number of carbonyl (C=O) groups excluding carboxylic acids is 4. The lowest BCUT2D eigenvalue weighted by molar-refractivity contribution is -0.148. The fourth-order valence-electron chi connectivity index (χ4n) is 4.69. The number of ether oxygens (including phenoxy) is 4. The van der Waals surface area contributed by atoms with Crippen molar-refractivity contribution in [1.29, 1.82) is 0 Å². The molecule has 0 amide bonds. The highest BCUT2D eigenvalue weighted by Gasteiger charge is 2.13. The van der Waals surface area contributed by atoms with Gasteiger partial charge in [-0.2, -0.15) is 0 Å². The maximum absolute atomic E-state index is 12.5. The normalized spacial score (nSPS) is 11.4. The van der Waals surface area contributed by atoms with E-state index in [0.717, 1.165) is 62.1 Å². The van der Waals surface area contributed by atoms with Crippen molar-refractivity contribution in [3.8, 4) is 0 Å². The van der Waals surface area contributed by atoms with Gasteiger partial charge in [-0.05, 0) is 114 Å². The molecule has 9 heteroatoms.